The molecule has 3 unspecified atom stereocenters. The lowest BCUT2D eigenvalue weighted by molar-refractivity contribution is -0.0169. The van der Waals surface area contributed by atoms with E-state index in [9.17, 15) is 10.2 Å². The van der Waals surface area contributed by atoms with E-state index in [2.05, 4.69) is 5.10 Å². The maximum absolute atomic E-state index is 11.7. The van der Waals surface area contributed by atoms with Crippen molar-refractivity contribution in [3.8, 4) is 0 Å². The first kappa shape index (κ1) is 9.68. The van der Waals surface area contributed by atoms with Gasteiger partial charge in [0.2, 0.25) is 0 Å². The van der Waals surface area contributed by atoms with Crippen molar-refractivity contribution in [1.82, 2.24) is 9.78 Å². The lowest BCUT2D eigenvalue weighted by atomic mass is 9.83. The highest BCUT2D eigenvalue weighted by molar-refractivity contribution is 5.11. The molecule has 2 rings (SSSR count). The molecule has 0 amide bonds. The van der Waals surface area contributed by atoms with Crippen molar-refractivity contribution >= 4 is 0 Å². The van der Waals surface area contributed by atoms with Gasteiger partial charge in [0.05, 0.1) is 6.10 Å². The number of aliphatic hydroxyl groups excluding tert-OH is 1. The van der Waals surface area contributed by atoms with Crippen molar-refractivity contribution in [2.45, 2.75) is 37.4 Å². The van der Waals surface area contributed by atoms with Crippen LogP contribution in [-0.4, -0.2) is 27.1 Å². The fraction of sp³-hybridized carbons (Fsp3) is 0.700. The summed E-state index contributed by atoms with van der Waals surface area (Å²) in [6.07, 6.45) is 2.50. The molecule has 1 fully saturated rings. The van der Waals surface area contributed by atoms with Crippen LogP contribution in [0.1, 0.15) is 30.9 Å². The number of hydrogen-bond donors (Lipinski definition) is 1. The molecule has 0 aliphatic heterocycles. The van der Waals surface area contributed by atoms with Gasteiger partial charge in [-0.15, -0.1) is 0 Å². The minimum absolute atomic E-state index is 0.0194. The van der Waals surface area contributed by atoms with Crippen LogP contribution in [0.4, 0.5) is 0 Å². The zero-order valence-electron chi connectivity index (χ0n) is 8.26. The van der Waals surface area contributed by atoms with Crippen molar-refractivity contribution in [3.63, 3.8) is 0 Å². The van der Waals surface area contributed by atoms with Crippen LogP contribution in [0.3, 0.4) is 0 Å². The normalized spacial score (nSPS) is 33.2. The number of rotatable bonds is 1. The number of hydrogen-bond acceptors (Lipinski definition) is 2. The van der Waals surface area contributed by atoms with Gasteiger partial charge in [0.25, 0.3) is 0 Å². The Hall–Kier alpha value is -0.870. The molecule has 77 valence electrons. The number of aromatic nitrogens is 2. The highest BCUT2D eigenvalue weighted by Gasteiger charge is 2.31. The summed E-state index contributed by atoms with van der Waals surface area (Å²) in [5.74, 6) is 0.0194. The minimum atomic E-state index is -0.686. The van der Waals surface area contributed by atoms with E-state index in [4.69, 9.17) is 0 Å². The molecule has 4 nitrogen and oxygen atoms in total. The third-order valence-electron chi connectivity index (χ3n) is 3.00. The van der Waals surface area contributed by atoms with E-state index in [0.29, 0.717) is 6.42 Å². The topological polar surface area (TPSA) is 57.9 Å². The standard InChI is InChI=1S/C10H15N2O2/c1-12-9(4-5-11-12)8-3-2-7(13)6-10(8)14/h4-5,7-8,10,13H,2-3,6H2,1H3. The predicted molar refractivity (Wildman–Crippen MR) is 50.3 cm³/mol. The van der Waals surface area contributed by atoms with E-state index in [-0.39, 0.29) is 5.92 Å². The molecule has 0 spiro atoms. The summed E-state index contributed by atoms with van der Waals surface area (Å²) in [6.45, 7) is 0. The lowest BCUT2D eigenvalue weighted by Crippen LogP contribution is -2.30. The van der Waals surface area contributed by atoms with Gasteiger partial charge in [-0.25, -0.2) is 5.11 Å². The van der Waals surface area contributed by atoms with Crippen molar-refractivity contribution in [1.29, 1.82) is 0 Å². The molecule has 1 radical (unpaired) electrons. The molecule has 1 aliphatic carbocycles. The van der Waals surface area contributed by atoms with E-state index >= 15 is 0 Å². The Balaban J connectivity index is 2.15. The smallest absolute Gasteiger partial charge is 0.104 e. The average Bonchev–Trinajstić information content (AvgIpc) is 2.52. The Morgan fingerprint density at radius 2 is 2.36 bits per heavy atom. The minimum Gasteiger partial charge on any atom is -0.393 e. The molecule has 4 heteroatoms. The molecule has 1 N–H and O–H groups in total. The summed E-state index contributed by atoms with van der Waals surface area (Å²) < 4.78 is 1.76. The Labute approximate surface area is 83.2 Å². The van der Waals surface area contributed by atoms with Gasteiger partial charge in [-0.3, -0.25) is 4.68 Å². The van der Waals surface area contributed by atoms with Gasteiger partial charge >= 0.3 is 0 Å². The predicted octanol–water partition coefficient (Wildman–Crippen LogP) is 0.848. The highest BCUT2D eigenvalue weighted by atomic mass is 16.3. The van der Waals surface area contributed by atoms with Crippen LogP contribution in [0.2, 0.25) is 0 Å². The second-order valence-corrected chi connectivity index (χ2v) is 3.99. The van der Waals surface area contributed by atoms with E-state index in [1.54, 1.807) is 10.9 Å². The number of aliphatic hydroxyl groups is 1. The first-order valence-corrected chi connectivity index (χ1v) is 5.00. The van der Waals surface area contributed by atoms with E-state index in [1.165, 1.54) is 0 Å². The van der Waals surface area contributed by atoms with Crippen LogP contribution in [0.5, 0.6) is 0 Å². The van der Waals surface area contributed by atoms with Gasteiger partial charge in [-0.05, 0) is 18.9 Å². The second-order valence-electron chi connectivity index (χ2n) is 3.99. The van der Waals surface area contributed by atoms with Crippen LogP contribution in [0.15, 0.2) is 12.3 Å². The summed E-state index contributed by atoms with van der Waals surface area (Å²) in [4.78, 5) is 0. The Kier molecular flexibility index (Phi) is 2.56. The van der Waals surface area contributed by atoms with Gasteiger partial charge < -0.3 is 5.11 Å². The Bertz CT molecular complexity index is 311. The summed E-state index contributed by atoms with van der Waals surface area (Å²) in [5.41, 5.74) is 0.997. The quantitative estimate of drug-likeness (QED) is 0.722. The van der Waals surface area contributed by atoms with Crippen LogP contribution < -0.4 is 0 Å². The van der Waals surface area contributed by atoms with Gasteiger partial charge in [0.1, 0.15) is 6.10 Å². The van der Waals surface area contributed by atoms with Crippen LogP contribution >= 0.6 is 0 Å². The average molecular weight is 195 g/mol. The maximum atomic E-state index is 11.7. The van der Waals surface area contributed by atoms with Crippen molar-refractivity contribution in [2.75, 3.05) is 0 Å². The summed E-state index contributed by atoms with van der Waals surface area (Å²) in [7, 11) is 1.85. The third-order valence-corrected chi connectivity index (χ3v) is 3.00. The highest BCUT2D eigenvalue weighted by Crippen LogP contribution is 2.33. The molecule has 1 aliphatic rings. The van der Waals surface area contributed by atoms with Crippen molar-refractivity contribution in [2.24, 2.45) is 7.05 Å². The lowest BCUT2D eigenvalue weighted by Gasteiger charge is -2.29. The maximum Gasteiger partial charge on any atom is 0.104 e. The zero-order valence-corrected chi connectivity index (χ0v) is 8.26. The number of aryl methyl sites for hydroxylation is 1. The van der Waals surface area contributed by atoms with E-state index in [0.717, 1.165) is 18.5 Å². The zero-order chi connectivity index (χ0) is 10.1. The molecule has 0 bridgehead atoms. The van der Waals surface area contributed by atoms with Crippen LogP contribution in [0.25, 0.3) is 0 Å². The van der Waals surface area contributed by atoms with Gasteiger partial charge in [0.15, 0.2) is 0 Å². The molecular weight excluding hydrogens is 180 g/mol. The van der Waals surface area contributed by atoms with E-state index < -0.39 is 12.2 Å². The molecule has 1 heterocycles. The van der Waals surface area contributed by atoms with Gasteiger partial charge in [-0.2, -0.15) is 5.10 Å². The Morgan fingerprint density at radius 1 is 1.57 bits per heavy atom. The van der Waals surface area contributed by atoms with E-state index in [1.807, 2.05) is 13.1 Å². The van der Waals surface area contributed by atoms with Crippen molar-refractivity contribution in [3.05, 3.63) is 18.0 Å². The van der Waals surface area contributed by atoms with Gasteiger partial charge in [0, 0.05) is 31.3 Å². The summed E-state index contributed by atoms with van der Waals surface area (Å²) in [6, 6.07) is 1.90. The molecule has 14 heavy (non-hydrogen) atoms. The molecule has 1 aromatic rings. The monoisotopic (exact) mass is 195 g/mol. The van der Waals surface area contributed by atoms with Crippen LogP contribution in [0, 0.1) is 0 Å². The first-order chi connectivity index (χ1) is 6.68. The SMILES string of the molecule is Cn1nccc1C1CCC(O)CC1[O]. The first-order valence-electron chi connectivity index (χ1n) is 5.00. The van der Waals surface area contributed by atoms with Crippen molar-refractivity contribution < 1.29 is 10.2 Å². The fourth-order valence-electron chi connectivity index (χ4n) is 2.19. The molecular formula is C10H15N2O2. The summed E-state index contributed by atoms with van der Waals surface area (Å²) in [5, 5.41) is 25.1. The number of nitrogens with zero attached hydrogens (tertiary/aromatic N) is 2. The second kappa shape index (κ2) is 3.71. The summed E-state index contributed by atoms with van der Waals surface area (Å²) >= 11 is 0. The van der Waals surface area contributed by atoms with Crippen LogP contribution in [-0.2, 0) is 12.2 Å². The molecule has 1 aromatic heterocycles. The molecule has 0 saturated heterocycles. The third kappa shape index (κ3) is 1.67. The Morgan fingerprint density at radius 3 is 2.93 bits per heavy atom. The molecule has 0 aromatic carbocycles. The largest absolute Gasteiger partial charge is 0.393 e. The van der Waals surface area contributed by atoms with Gasteiger partial charge in [-0.1, -0.05) is 0 Å². The molecule has 3 atom stereocenters. The fourth-order valence-corrected chi connectivity index (χ4v) is 2.19. The molecule has 1 saturated carbocycles.